The number of rotatable bonds is 6. The van der Waals surface area contributed by atoms with E-state index in [0.29, 0.717) is 6.54 Å². The van der Waals surface area contributed by atoms with Crippen LogP contribution in [0.5, 0.6) is 0 Å². The van der Waals surface area contributed by atoms with Gasteiger partial charge in [0.2, 0.25) is 0 Å². The van der Waals surface area contributed by atoms with Crippen LogP contribution in [0.15, 0.2) is 30.3 Å². The minimum atomic E-state index is -0.551. The molecule has 0 saturated heterocycles. The van der Waals surface area contributed by atoms with Crippen LogP contribution in [-0.2, 0) is 16.2 Å². The van der Waals surface area contributed by atoms with Crippen molar-refractivity contribution in [3.8, 4) is 0 Å². The standard InChI is InChI=1S/C12H17NO4/c1-2-13(17-9-8-14)12(15)16-10-11-6-4-3-5-7-11/h3-7,14H,2,8-10H2,1H3. The lowest BCUT2D eigenvalue weighted by Crippen LogP contribution is -2.32. The molecule has 1 rings (SSSR count). The fraction of sp³-hybridized carbons (Fsp3) is 0.417. The summed E-state index contributed by atoms with van der Waals surface area (Å²) in [6.07, 6.45) is -0.551. The molecule has 1 aromatic rings. The fourth-order valence-corrected chi connectivity index (χ4v) is 1.22. The van der Waals surface area contributed by atoms with Crippen LogP contribution >= 0.6 is 0 Å². The summed E-state index contributed by atoms with van der Waals surface area (Å²) in [5, 5.41) is 9.68. The predicted molar refractivity (Wildman–Crippen MR) is 62.0 cm³/mol. The van der Waals surface area contributed by atoms with Crippen LogP contribution in [0.3, 0.4) is 0 Å². The van der Waals surface area contributed by atoms with E-state index < -0.39 is 6.09 Å². The molecule has 0 radical (unpaired) electrons. The van der Waals surface area contributed by atoms with Gasteiger partial charge in [0.05, 0.1) is 13.2 Å². The molecule has 1 N–H and O–H groups in total. The first kappa shape index (κ1) is 13.5. The number of carbonyl (C=O) groups is 1. The Hall–Kier alpha value is -1.59. The largest absolute Gasteiger partial charge is 0.443 e. The van der Waals surface area contributed by atoms with Gasteiger partial charge in [-0.15, -0.1) is 0 Å². The van der Waals surface area contributed by atoms with E-state index in [9.17, 15) is 4.79 Å². The number of hydroxylamine groups is 2. The number of amides is 1. The molecule has 0 bridgehead atoms. The highest BCUT2D eigenvalue weighted by Crippen LogP contribution is 2.03. The summed E-state index contributed by atoms with van der Waals surface area (Å²) in [4.78, 5) is 16.5. The van der Waals surface area contributed by atoms with E-state index in [1.807, 2.05) is 30.3 Å². The van der Waals surface area contributed by atoms with Crippen LogP contribution in [0.2, 0.25) is 0 Å². The quantitative estimate of drug-likeness (QED) is 0.765. The van der Waals surface area contributed by atoms with E-state index in [4.69, 9.17) is 14.7 Å². The molecule has 0 atom stereocenters. The lowest BCUT2D eigenvalue weighted by molar-refractivity contribution is -0.141. The van der Waals surface area contributed by atoms with Gasteiger partial charge < -0.3 is 9.84 Å². The number of carbonyl (C=O) groups excluding carboxylic acids is 1. The lowest BCUT2D eigenvalue weighted by atomic mass is 10.2. The van der Waals surface area contributed by atoms with Crippen LogP contribution in [0.25, 0.3) is 0 Å². The summed E-state index contributed by atoms with van der Waals surface area (Å²) in [7, 11) is 0. The van der Waals surface area contributed by atoms with E-state index >= 15 is 0 Å². The lowest BCUT2D eigenvalue weighted by Gasteiger charge is -2.18. The zero-order chi connectivity index (χ0) is 12.5. The van der Waals surface area contributed by atoms with Gasteiger partial charge in [-0.2, -0.15) is 5.06 Å². The van der Waals surface area contributed by atoms with Crippen molar-refractivity contribution in [2.45, 2.75) is 13.5 Å². The maximum absolute atomic E-state index is 11.6. The highest BCUT2D eigenvalue weighted by Gasteiger charge is 2.13. The van der Waals surface area contributed by atoms with Crippen LogP contribution < -0.4 is 0 Å². The van der Waals surface area contributed by atoms with Crippen molar-refractivity contribution in [1.29, 1.82) is 0 Å². The molecular formula is C12H17NO4. The molecule has 0 aliphatic carbocycles. The molecule has 0 spiro atoms. The molecule has 0 unspecified atom stereocenters. The molecule has 0 aliphatic rings. The van der Waals surface area contributed by atoms with Crippen LogP contribution in [0.1, 0.15) is 12.5 Å². The minimum absolute atomic E-state index is 0.0777. The number of nitrogens with zero attached hydrogens (tertiary/aromatic N) is 1. The van der Waals surface area contributed by atoms with E-state index in [1.165, 1.54) is 0 Å². The van der Waals surface area contributed by atoms with Gasteiger partial charge in [0.25, 0.3) is 0 Å². The van der Waals surface area contributed by atoms with E-state index in [0.717, 1.165) is 10.6 Å². The van der Waals surface area contributed by atoms with Crippen LogP contribution in [-0.4, -0.2) is 36.0 Å². The molecule has 0 aliphatic heterocycles. The summed E-state index contributed by atoms with van der Waals surface area (Å²) in [6, 6.07) is 9.40. The zero-order valence-electron chi connectivity index (χ0n) is 9.83. The molecule has 5 nitrogen and oxygen atoms in total. The average molecular weight is 239 g/mol. The molecular weight excluding hydrogens is 222 g/mol. The second-order valence-electron chi connectivity index (χ2n) is 3.29. The predicted octanol–water partition coefficient (Wildman–Crippen LogP) is 1.57. The summed E-state index contributed by atoms with van der Waals surface area (Å²) < 4.78 is 5.06. The van der Waals surface area contributed by atoms with E-state index in [2.05, 4.69) is 0 Å². The molecule has 1 amide bonds. The maximum atomic E-state index is 11.6. The third-order valence-corrected chi connectivity index (χ3v) is 2.03. The number of aliphatic hydroxyl groups is 1. The van der Waals surface area contributed by atoms with Crippen molar-refractivity contribution < 1.29 is 19.5 Å². The third kappa shape index (κ3) is 4.84. The Morgan fingerprint density at radius 2 is 2.06 bits per heavy atom. The molecule has 0 heterocycles. The molecule has 1 aromatic carbocycles. The van der Waals surface area contributed by atoms with Crippen molar-refractivity contribution in [2.75, 3.05) is 19.8 Å². The van der Waals surface area contributed by atoms with E-state index in [1.54, 1.807) is 6.92 Å². The van der Waals surface area contributed by atoms with Crippen molar-refractivity contribution in [3.63, 3.8) is 0 Å². The number of benzene rings is 1. The van der Waals surface area contributed by atoms with Gasteiger partial charge in [-0.3, -0.25) is 4.84 Å². The molecule has 94 valence electrons. The number of ether oxygens (including phenoxy) is 1. The monoisotopic (exact) mass is 239 g/mol. The van der Waals surface area contributed by atoms with Crippen molar-refractivity contribution in [1.82, 2.24) is 5.06 Å². The van der Waals surface area contributed by atoms with Gasteiger partial charge in [-0.1, -0.05) is 30.3 Å². The van der Waals surface area contributed by atoms with Gasteiger partial charge in [0, 0.05) is 6.54 Å². The highest BCUT2D eigenvalue weighted by molar-refractivity contribution is 5.66. The van der Waals surface area contributed by atoms with Gasteiger partial charge >= 0.3 is 6.09 Å². The smallest absolute Gasteiger partial charge is 0.434 e. The Morgan fingerprint density at radius 1 is 1.35 bits per heavy atom. The van der Waals surface area contributed by atoms with Crippen molar-refractivity contribution in [3.05, 3.63) is 35.9 Å². The van der Waals surface area contributed by atoms with Crippen LogP contribution in [0, 0.1) is 0 Å². The fourth-order valence-electron chi connectivity index (χ4n) is 1.22. The van der Waals surface area contributed by atoms with Gasteiger partial charge in [0.1, 0.15) is 6.61 Å². The summed E-state index contributed by atoms with van der Waals surface area (Å²) in [5.74, 6) is 0. The Bertz CT molecular complexity index is 329. The van der Waals surface area contributed by atoms with E-state index in [-0.39, 0.29) is 19.8 Å². The van der Waals surface area contributed by atoms with Crippen molar-refractivity contribution in [2.24, 2.45) is 0 Å². The molecule has 17 heavy (non-hydrogen) atoms. The molecule has 0 saturated carbocycles. The first-order valence-corrected chi connectivity index (χ1v) is 5.50. The topological polar surface area (TPSA) is 59.0 Å². The second-order valence-corrected chi connectivity index (χ2v) is 3.29. The Morgan fingerprint density at radius 3 is 2.65 bits per heavy atom. The van der Waals surface area contributed by atoms with Gasteiger partial charge in [-0.05, 0) is 12.5 Å². The maximum Gasteiger partial charge on any atom is 0.434 e. The Balaban J connectivity index is 2.37. The first-order valence-electron chi connectivity index (χ1n) is 5.50. The Labute approximate surface area is 101 Å². The summed E-state index contributed by atoms with van der Waals surface area (Å²) >= 11 is 0. The van der Waals surface area contributed by atoms with Gasteiger partial charge in [0.15, 0.2) is 0 Å². The summed E-state index contributed by atoms with van der Waals surface area (Å²) in [6.45, 7) is 2.28. The number of aliphatic hydroxyl groups excluding tert-OH is 1. The first-order chi connectivity index (χ1) is 8.27. The molecule has 0 aromatic heterocycles. The highest BCUT2D eigenvalue weighted by atomic mass is 16.7. The minimum Gasteiger partial charge on any atom is -0.443 e. The molecule has 0 fully saturated rings. The summed E-state index contributed by atoms with van der Waals surface area (Å²) in [5.41, 5.74) is 0.916. The number of hydrogen-bond acceptors (Lipinski definition) is 4. The van der Waals surface area contributed by atoms with Gasteiger partial charge in [-0.25, -0.2) is 4.79 Å². The Kier molecular flexibility index (Phi) is 6.06. The average Bonchev–Trinajstić information content (AvgIpc) is 2.38. The van der Waals surface area contributed by atoms with Crippen molar-refractivity contribution >= 4 is 6.09 Å². The second kappa shape index (κ2) is 7.65. The third-order valence-electron chi connectivity index (χ3n) is 2.03. The normalized spacial score (nSPS) is 10.0. The zero-order valence-corrected chi connectivity index (χ0v) is 9.83. The van der Waals surface area contributed by atoms with Crippen LogP contribution in [0.4, 0.5) is 4.79 Å². The number of hydrogen-bond donors (Lipinski definition) is 1. The molecule has 5 heteroatoms. The SMILES string of the molecule is CCN(OCCO)C(=O)OCc1ccccc1.